The lowest BCUT2D eigenvalue weighted by atomic mass is 9.95. The second-order valence-electron chi connectivity index (χ2n) is 11.5. The van der Waals surface area contributed by atoms with Gasteiger partial charge in [-0.3, -0.25) is 4.79 Å². The van der Waals surface area contributed by atoms with Crippen molar-refractivity contribution in [2.45, 2.75) is 76.7 Å². The minimum Gasteiger partial charge on any atom is -0.373 e. The fourth-order valence-corrected chi connectivity index (χ4v) is 6.70. The summed E-state index contributed by atoms with van der Waals surface area (Å²) in [5.74, 6) is -0.0777. The van der Waals surface area contributed by atoms with E-state index in [1.165, 1.54) is 25.7 Å². The van der Waals surface area contributed by atoms with Gasteiger partial charge >= 0.3 is 0 Å². The Morgan fingerprint density at radius 1 is 0.902 bits per heavy atom. The highest BCUT2D eigenvalue weighted by Crippen LogP contribution is 2.33. The molecule has 0 bridgehead atoms. The summed E-state index contributed by atoms with van der Waals surface area (Å²) in [5, 5.41) is 4.22. The number of fused-ring (bicyclic) bond motifs is 1. The van der Waals surface area contributed by atoms with Crippen LogP contribution in [0, 0.1) is 0 Å². The molecule has 6 rings (SSSR count). The van der Waals surface area contributed by atoms with Gasteiger partial charge in [0.2, 0.25) is 0 Å². The van der Waals surface area contributed by atoms with Gasteiger partial charge in [-0.1, -0.05) is 98.6 Å². The van der Waals surface area contributed by atoms with Crippen LogP contribution in [0.2, 0.25) is 0 Å². The number of aromatic nitrogens is 1. The topological polar surface area (TPSA) is 54.5 Å². The normalized spacial score (nSPS) is 17.6. The molecule has 1 N–H and O–H groups in total. The first kappa shape index (κ1) is 27.6. The van der Waals surface area contributed by atoms with E-state index in [9.17, 15) is 4.79 Å². The molecule has 212 valence electrons. The summed E-state index contributed by atoms with van der Waals surface area (Å²) >= 11 is 0. The number of hydrogen-bond donors (Lipinski definition) is 1. The molecule has 0 spiro atoms. The van der Waals surface area contributed by atoms with Crippen LogP contribution < -0.4 is 5.32 Å². The molecule has 5 heteroatoms. The van der Waals surface area contributed by atoms with Crippen molar-refractivity contribution in [3.8, 4) is 11.3 Å². The van der Waals surface area contributed by atoms with E-state index in [4.69, 9.17) is 9.72 Å². The highest BCUT2D eigenvalue weighted by Gasteiger charge is 2.29. The molecule has 41 heavy (non-hydrogen) atoms. The van der Waals surface area contributed by atoms with E-state index in [0.717, 1.165) is 71.7 Å². The maximum Gasteiger partial charge on any atom is 0.252 e. The Kier molecular flexibility index (Phi) is 8.74. The van der Waals surface area contributed by atoms with Crippen LogP contribution >= 0.6 is 0 Å². The van der Waals surface area contributed by atoms with Crippen LogP contribution in [0.4, 0.5) is 0 Å². The average Bonchev–Trinajstić information content (AvgIpc) is 3.58. The van der Waals surface area contributed by atoms with Crippen molar-refractivity contribution in [2.75, 3.05) is 13.1 Å². The van der Waals surface area contributed by atoms with E-state index >= 15 is 0 Å². The molecule has 0 radical (unpaired) electrons. The molecule has 1 aliphatic carbocycles. The number of benzene rings is 3. The van der Waals surface area contributed by atoms with Crippen LogP contribution in [0.3, 0.4) is 0 Å². The maximum absolute atomic E-state index is 14.2. The number of pyridine rings is 1. The Labute approximate surface area is 243 Å². The number of piperidine rings is 1. The highest BCUT2D eigenvalue weighted by molar-refractivity contribution is 6.09. The van der Waals surface area contributed by atoms with Gasteiger partial charge in [0.25, 0.3) is 5.91 Å². The highest BCUT2D eigenvalue weighted by atomic mass is 16.5. The minimum atomic E-state index is -0.0792. The molecule has 1 saturated heterocycles. The Balaban J connectivity index is 1.33. The molecule has 1 amide bonds. The minimum absolute atomic E-state index is 0.0777. The van der Waals surface area contributed by atoms with E-state index in [2.05, 4.69) is 41.4 Å². The first-order valence-electron chi connectivity index (χ1n) is 15.4. The van der Waals surface area contributed by atoms with Crippen LogP contribution in [-0.2, 0) is 11.3 Å². The summed E-state index contributed by atoms with van der Waals surface area (Å²) in [6.45, 7) is 4.67. The Hall–Kier alpha value is -3.54. The molecule has 0 unspecified atom stereocenters. The number of nitrogens with one attached hydrogen (secondary N) is 1. The predicted molar refractivity (Wildman–Crippen MR) is 166 cm³/mol. The molecule has 2 aliphatic rings. The van der Waals surface area contributed by atoms with Crippen molar-refractivity contribution >= 4 is 16.8 Å². The fraction of sp³-hybridized carbons (Fsp3) is 0.389. The van der Waals surface area contributed by atoms with Gasteiger partial charge in [-0.15, -0.1) is 0 Å². The molecular formula is C36H41N3O2. The zero-order valence-corrected chi connectivity index (χ0v) is 24.1. The second kappa shape index (κ2) is 13.0. The number of nitrogens with zero attached hydrogens (tertiary/aromatic N) is 2. The Morgan fingerprint density at radius 3 is 2.27 bits per heavy atom. The third-order valence-electron chi connectivity index (χ3n) is 8.96. The molecule has 5 nitrogen and oxygen atoms in total. The van der Waals surface area contributed by atoms with Crippen LogP contribution in [0.5, 0.6) is 0 Å². The van der Waals surface area contributed by atoms with Gasteiger partial charge in [-0.25, -0.2) is 4.98 Å². The zero-order chi connectivity index (χ0) is 28.0. The fourth-order valence-electron chi connectivity index (χ4n) is 6.70. The number of rotatable bonds is 9. The van der Waals surface area contributed by atoms with Crippen LogP contribution in [-0.4, -0.2) is 41.0 Å². The van der Waals surface area contributed by atoms with Crippen molar-refractivity contribution < 1.29 is 9.53 Å². The summed E-state index contributed by atoms with van der Waals surface area (Å²) in [6, 6.07) is 29.1. The SMILES string of the molecule is CC[C@H](NC(=O)c1c(COC2CCN(C3CCCC3)CC2)c(-c2ccccc2)nc2ccccc12)c1ccccc1. The van der Waals surface area contributed by atoms with Crippen molar-refractivity contribution in [1.29, 1.82) is 0 Å². The largest absolute Gasteiger partial charge is 0.373 e. The summed E-state index contributed by atoms with van der Waals surface area (Å²) < 4.78 is 6.65. The van der Waals surface area contributed by atoms with Gasteiger partial charge in [-0.2, -0.15) is 0 Å². The smallest absolute Gasteiger partial charge is 0.252 e. The Morgan fingerprint density at radius 2 is 1.56 bits per heavy atom. The van der Waals surface area contributed by atoms with Crippen molar-refractivity contribution in [2.24, 2.45) is 0 Å². The predicted octanol–water partition coefficient (Wildman–Crippen LogP) is 7.71. The summed E-state index contributed by atoms with van der Waals surface area (Å²) in [7, 11) is 0. The van der Waals surface area contributed by atoms with Gasteiger partial charge in [0, 0.05) is 35.6 Å². The van der Waals surface area contributed by atoms with Gasteiger partial charge in [0.15, 0.2) is 0 Å². The van der Waals surface area contributed by atoms with Crippen LogP contribution in [0.1, 0.15) is 79.4 Å². The first-order valence-corrected chi connectivity index (χ1v) is 15.4. The molecule has 1 aliphatic heterocycles. The van der Waals surface area contributed by atoms with Crippen molar-refractivity contribution in [1.82, 2.24) is 15.2 Å². The Bertz CT molecular complexity index is 1440. The second-order valence-corrected chi connectivity index (χ2v) is 11.5. The van der Waals surface area contributed by atoms with Gasteiger partial charge < -0.3 is 15.0 Å². The third kappa shape index (κ3) is 6.22. The average molecular weight is 548 g/mol. The number of carbonyl (C=O) groups excluding carboxylic acids is 1. The van der Waals surface area contributed by atoms with E-state index in [0.29, 0.717) is 12.2 Å². The molecule has 1 saturated carbocycles. The molecule has 1 aromatic heterocycles. The number of hydrogen-bond acceptors (Lipinski definition) is 4. The van der Waals surface area contributed by atoms with Crippen molar-refractivity contribution in [3.63, 3.8) is 0 Å². The molecule has 3 aromatic carbocycles. The molecule has 4 aromatic rings. The number of amides is 1. The molecular weight excluding hydrogens is 506 g/mol. The van der Waals surface area contributed by atoms with Gasteiger partial charge in [0.05, 0.1) is 35.5 Å². The van der Waals surface area contributed by atoms with Gasteiger partial charge in [0.1, 0.15) is 0 Å². The maximum atomic E-state index is 14.2. The first-order chi connectivity index (χ1) is 20.2. The van der Waals surface area contributed by atoms with E-state index in [1.54, 1.807) is 0 Å². The number of ether oxygens (including phenoxy) is 1. The van der Waals surface area contributed by atoms with E-state index < -0.39 is 0 Å². The lowest BCUT2D eigenvalue weighted by molar-refractivity contribution is -0.0105. The summed E-state index contributed by atoms with van der Waals surface area (Å²) in [6.07, 6.45) is 8.47. The molecule has 2 fully saturated rings. The number of likely N-dealkylation sites (tertiary alicyclic amines) is 1. The monoisotopic (exact) mass is 547 g/mol. The van der Waals surface area contributed by atoms with E-state index in [-0.39, 0.29) is 18.1 Å². The summed E-state index contributed by atoms with van der Waals surface area (Å²) in [5.41, 5.74) is 5.29. The number of carbonyl (C=O) groups is 1. The van der Waals surface area contributed by atoms with Crippen LogP contribution in [0.15, 0.2) is 84.9 Å². The zero-order valence-electron chi connectivity index (χ0n) is 24.1. The lowest BCUT2D eigenvalue weighted by Crippen LogP contribution is -2.42. The molecule has 2 heterocycles. The van der Waals surface area contributed by atoms with Crippen LogP contribution in [0.25, 0.3) is 22.2 Å². The quantitative estimate of drug-likeness (QED) is 0.233. The number of para-hydroxylation sites is 1. The lowest BCUT2D eigenvalue weighted by Gasteiger charge is -2.36. The van der Waals surface area contributed by atoms with Gasteiger partial charge in [-0.05, 0) is 43.7 Å². The standard InChI is InChI=1S/C36H41N3O2/c1-2-32(26-13-5-3-6-14-26)38-36(40)34-30-19-11-12-20-33(30)37-35(27-15-7-4-8-16-27)31(34)25-41-29-21-23-39(24-22-29)28-17-9-10-18-28/h3-8,11-16,19-20,28-29,32H,2,9-10,17-18,21-25H2,1H3,(H,38,40)/t32-/m0/s1. The third-order valence-corrected chi connectivity index (χ3v) is 8.96. The van der Waals surface area contributed by atoms with E-state index in [1.807, 2.05) is 60.7 Å². The summed E-state index contributed by atoms with van der Waals surface area (Å²) in [4.78, 5) is 22.0. The molecule has 1 atom stereocenters. The van der Waals surface area contributed by atoms with Crippen molar-refractivity contribution in [3.05, 3.63) is 102 Å².